The van der Waals surface area contributed by atoms with E-state index >= 15 is 0 Å². The summed E-state index contributed by atoms with van der Waals surface area (Å²) in [6, 6.07) is 1.44. The van der Waals surface area contributed by atoms with Gasteiger partial charge in [0, 0.05) is 19.3 Å². The molecule has 0 aliphatic carbocycles. The van der Waals surface area contributed by atoms with Crippen molar-refractivity contribution in [3.8, 4) is 0 Å². The maximum absolute atomic E-state index is 12.2. The molecule has 1 aromatic rings. The van der Waals surface area contributed by atoms with Crippen LogP contribution in [0.25, 0.3) is 0 Å². The third-order valence-corrected chi connectivity index (χ3v) is 3.97. The summed E-state index contributed by atoms with van der Waals surface area (Å²) in [5, 5.41) is 9.13. The average Bonchev–Trinajstić information content (AvgIpc) is 2.76. The molecule has 1 aliphatic heterocycles. The summed E-state index contributed by atoms with van der Waals surface area (Å²) in [5.74, 6) is -1.17. The Morgan fingerprint density at radius 3 is 2.74 bits per heavy atom. The van der Waals surface area contributed by atoms with E-state index in [1.54, 1.807) is 6.92 Å². The second-order valence-electron chi connectivity index (χ2n) is 4.91. The molecule has 1 amide bonds. The lowest BCUT2D eigenvalue weighted by Crippen LogP contribution is -2.35. The van der Waals surface area contributed by atoms with Gasteiger partial charge in [0.05, 0.1) is 15.5 Å². The lowest BCUT2D eigenvalue weighted by atomic mass is 9.90. The predicted octanol–water partition coefficient (Wildman–Crippen LogP) is 1.07. The summed E-state index contributed by atoms with van der Waals surface area (Å²) in [5.41, 5.74) is -0.871. The van der Waals surface area contributed by atoms with Crippen LogP contribution >= 0.6 is 15.9 Å². The zero-order valence-electron chi connectivity index (χ0n) is 10.3. The number of carboxylic acids is 1. The Labute approximate surface area is 117 Å². The highest BCUT2D eigenvalue weighted by atomic mass is 79.9. The van der Waals surface area contributed by atoms with Gasteiger partial charge in [-0.15, -0.1) is 0 Å². The van der Waals surface area contributed by atoms with E-state index in [1.165, 1.54) is 17.2 Å². The summed E-state index contributed by atoms with van der Waals surface area (Å²) in [7, 11) is 0. The molecule has 0 unspecified atom stereocenters. The van der Waals surface area contributed by atoms with Crippen LogP contribution in [0.2, 0.25) is 0 Å². The minimum absolute atomic E-state index is 0.178. The fourth-order valence-electron chi connectivity index (χ4n) is 2.07. The minimum atomic E-state index is -0.898. The number of aromatic nitrogens is 1. The maximum atomic E-state index is 12.2. The lowest BCUT2D eigenvalue weighted by Gasteiger charge is -2.20. The van der Waals surface area contributed by atoms with E-state index in [0.29, 0.717) is 18.5 Å². The van der Waals surface area contributed by atoms with Crippen LogP contribution in [0.5, 0.6) is 0 Å². The molecule has 1 fully saturated rings. The molecule has 0 aromatic carbocycles. The second kappa shape index (κ2) is 4.80. The Morgan fingerprint density at radius 1 is 1.53 bits per heavy atom. The van der Waals surface area contributed by atoms with Gasteiger partial charge < -0.3 is 15.0 Å². The van der Waals surface area contributed by atoms with Crippen LogP contribution < -0.4 is 5.56 Å². The van der Waals surface area contributed by atoms with E-state index in [-0.39, 0.29) is 22.5 Å². The van der Waals surface area contributed by atoms with Gasteiger partial charge in [-0.1, -0.05) is 0 Å². The summed E-state index contributed by atoms with van der Waals surface area (Å²) in [4.78, 5) is 38.5. The first kappa shape index (κ1) is 13.8. The first-order chi connectivity index (χ1) is 8.83. The highest BCUT2D eigenvalue weighted by Gasteiger charge is 2.42. The van der Waals surface area contributed by atoms with Gasteiger partial charge in [-0.25, -0.2) is 0 Å². The average molecular weight is 329 g/mol. The number of aromatic amines is 1. The molecule has 1 atom stereocenters. The quantitative estimate of drug-likeness (QED) is 0.849. The van der Waals surface area contributed by atoms with E-state index in [4.69, 9.17) is 5.11 Å². The molecule has 0 spiro atoms. The van der Waals surface area contributed by atoms with Crippen LogP contribution in [0.15, 0.2) is 21.5 Å². The standard InChI is InChI=1S/C12H13BrN2O4/c1-12(11(18)19)2-3-15(6-12)10(17)7-4-8(13)9(16)14-5-7/h4-5H,2-3,6H2,1H3,(H,14,16)(H,18,19)/t12-/m1/s1. The van der Waals surface area contributed by atoms with Gasteiger partial charge in [-0.2, -0.15) is 0 Å². The van der Waals surface area contributed by atoms with Crippen LogP contribution in [0, 0.1) is 5.41 Å². The van der Waals surface area contributed by atoms with Crippen molar-refractivity contribution in [3.05, 3.63) is 32.7 Å². The van der Waals surface area contributed by atoms with Crippen molar-refractivity contribution in [2.75, 3.05) is 13.1 Å². The number of pyridine rings is 1. The maximum Gasteiger partial charge on any atom is 0.311 e. The molecule has 0 bridgehead atoms. The SMILES string of the molecule is C[C@@]1(C(=O)O)CCN(C(=O)c2c[nH]c(=O)c(Br)c2)C1. The number of carboxylic acid groups (broad SMARTS) is 1. The van der Waals surface area contributed by atoms with Gasteiger partial charge in [-0.05, 0) is 35.3 Å². The molecule has 0 saturated carbocycles. The third-order valence-electron chi connectivity index (χ3n) is 3.38. The number of carbonyl (C=O) groups excluding carboxylic acids is 1. The van der Waals surface area contributed by atoms with Crippen molar-refractivity contribution in [1.82, 2.24) is 9.88 Å². The number of nitrogens with zero attached hydrogens (tertiary/aromatic N) is 1. The van der Waals surface area contributed by atoms with Gasteiger partial charge in [0.1, 0.15) is 0 Å². The number of hydrogen-bond acceptors (Lipinski definition) is 3. The number of rotatable bonds is 2. The molecule has 2 heterocycles. The van der Waals surface area contributed by atoms with E-state index in [2.05, 4.69) is 20.9 Å². The van der Waals surface area contributed by atoms with Gasteiger partial charge >= 0.3 is 5.97 Å². The van der Waals surface area contributed by atoms with E-state index in [0.717, 1.165) is 0 Å². The van der Waals surface area contributed by atoms with E-state index in [9.17, 15) is 14.4 Å². The largest absolute Gasteiger partial charge is 0.481 e. The number of nitrogens with one attached hydrogen (secondary N) is 1. The van der Waals surface area contributed by atoms with Gasteiger partial charge in [0.25, 0.3) is 11.5 Å². The molecule has 102 valence electrons. The molecule has 1 saturated heterocycles. The summed E-state index contributed by atoms with van der Waals surface area (Å²) >= 11 is 3.06. The monoisotopic (exact) mass is 328 g/mol. The third kappa shape index (κ3) is 2.56. The van der Waals surface area contributed by atoms with Crippen molar-refractivity contribution in [2.24, 2.45) is 5.41 Å². The Balaban J connectivity index is 2.20. The number of aliphatic carboxylic acids is 1. The Hall–Kier alpha value is -1.63. The number of halogens is 1. The number of hydrogen-bond donors (Lipinski definition) is 2. The summed E-state index contributed by atoms with van der Waals surface area (Å²) < 4.78 is 0.276. The molecule has 1 aliphatic rings. The number of carbonyl (C=O) groups is 2. The van der Waals surface area contributed by atoms with E-state index in [1.807, 2.05) is 0 Å². The van der Waals surface area contributed by atoms with E-state index < -0.39 is 11.4 Å². The van der Waals surface area contributed by atoms with Crippen molar-refractivity contribution in [2.45, 2.75) is 13.3 Å². The van der Waals surface area contributed by atoms with Crippen molar-refractivity contribution >= 4 is 27.8 Å². The molecule has 1 aromatic heterocycles. The van der Waals surface area contributed by atoms with Crippen LogP contribution in [0.1, 0.15) is 23.7 Å². The molecule has 19 heavy (non-hydrogen) atoms. The first-order valence-electron chi connectivity index (χ1n) is 5.74. The zero-order valence-corrected chi connectivity index (χ0v) is 11.9. The topological polar surface area (TPSA) is 90.5 Å². The molecule has 2 rings (SSSR count). The highest BCUT2D eigenvalue weighted by molar-refractivity contribution is 9.10. The lowest BCUT2D eigenvalue weighted by molar-refractivity contribution is -0.147. The smallest absolute Gasteiger partial charge is 0.311 e. The minimum Gasteiger partial charge on any atom is -0.481 e. The predicted molar refractivity (Wildman–Crippen MR) is 71.0 cm³/mol. The number of H-pyrrole nitrogens is 1. The summed E-state index contributed by atoms with van der Waals surface area (Å²) in [6.45, 7) is 2.21. The molecular formula is C12H13BrN2O4. The molecule has 6 nitrogen and oxygen atoms in total. The second-order valence-corrected chi connectivity index (χ2v) is 5.76. The Kier molecular flexibility index (Phi) is 3.49. The van der Waals surface area contributed by atoms with Gasteiger partial charge in [0.2, 0.25) is 0 Å². The van der Waals surface area contributed by atoms with Gasteiger partial charge in [-0.3, -0.25) is 14.4 Å². The molecule has 7 heteroatoms. The van der Waals surface area contributed by atoms with Crippen LogP contribution in [0.3, 0.4) is 0 Å². The Bertz CT molecular complexity index is 598. The van der Waals surface area contributed by atoms with Crippen molar-refractivity contribution < 1.29 is 14.7 Å². The zero-order chi connectivity index (χ0) is 14.2. The van der Waals surface area contributed by atoms with Crippen LogP contribution in [-0.2, 0) is 4.79 Å². The number of amides is 1. The first-order valence-corrected chi connectivity index (χ1v) is 6.54. The summed E-state index contributed by atoms with van der Waals surface area (Å²) in [6.07, 6.45) is 1.77. The molecular weight excluding hydrogens is 316 g/mol. The van der Waals surface area contributed by atoms with Gasteiger partial charge in [0.15, 0.2) is 0 Å². The van der Waals surface area contributed by atoms with Crippen molar-refractivity contribution in [1.29, 1.82) is 0 Å². The Morgan fingerprint density at radius 2 is 2.21 bits per heavy atom. The number of likely N-dealkylation sites (tertiary alicyclic amines) is 1. The normalized spacial score (nSPS) is 22.5. The fourth-order valence-corrected chi connectivity index (χ4v) is 2.43. The van der Waals surface area contributed by atoms with Crippen LogP contribution in [-0.4, -0.2) is 40.0 Å². The van der Waals surface area contributed by atoms with Crippen LogP contribution in [0.4, 0.5) is 0 Å². The fraction of sp³-hybridized carbons (Fsp3) is 0.417. The van der Waals surface area contributed by atoms with Crippen molar-refractivity contribution in [3.63, 3.8) is 0 Å². The molecule has 2 N–H and O–H groups in total. The highest BCUT2D eigenvalue weighted by Crippen LogP contribution is 2.30. The molecule has 0 radical (unpaired) electrons.